The maximum absolute atomic E-state index is 13.1. The third-order valence-corrected chi connectivity index (χ3v) is 11.4. The van der Waals surface area contributed by atoms with Crippen LogP contribution in [0.5, 0.6) is 0 Å². The highest BCUT2D eigenvalue weighted by molar-refractivity contribution is 5.76. The minimum atomic E-state index is -1.80. The van der Waals surface area contributed by atoms with Gasteiger partial charge >= 0.3 is 0 Å². The lowest BCUT2D eigenvalue weighted by atomic mass is 9.97. The Morgan fingerprint density at radius 2 is 1.09 bits per heavy atom. The average Bonchev–Trinajstić information content (AvgIpc) is 3.29. The number of hydrogen-bond acceptors (Lipinski definition) is 13. The molecule has 2 saturated heterocycles. The minimum Gasteiger partial charge on any atom is -0.394 e. The summed E-state index contributed by atoms with van der Waals surface area (Å²) >= 11 is 0. The maximum atomic E-state index is 13.1. The van der Waals surface area contributed by atoms with Gasteiger partial charge in [-0.3, -0.25) is 4.79 Å². The molecule has 1 amide bonds. The molecule has 0 aromatic rings. The Labute approximate surface area is 383 Å². The highest BCUT2D eigenvalue weighted by Gasteiger charge is 2.51. The third-order valence-electron chi connectivity index (χ3n) is 11.4. The van der Waals surface area contributed by atoms with Crippen LogP contribution in [0.4, 0.5) is 0 Å². The first-order chi connectivity index (χ1) is 31.1. The van der Waals surface area contributed by atoms with E-state index in [4.69, 9.17) is 18.9 Å². The van der Waals surface area contributed by atoms with Gasteiger partial charge in [0.1, 0.15) is 48.8 Å². The van der Waals surface area contributed by atoms with Crippen molar-refractivity contribution in [2.24, 2.45) is 0 Å². The average molecular weight is 908 g/mol. The number of carbonyl (C=O) groups excluding carboxylic acids is 1. The predicted octanol–water partition coefficient (Wildman–Crippen LogP) is 5.65. The van der Waals surface area contributed by atoms with Gasteiger partial charge < -0.3 is 65.1 Å². The quantitative estimate of drug-likeness (QED) is 0.0277. The summed E-state index contributed by atoms with van der Waals surface area (Å²) in [6.45, 7) is 2.57. The van der Waals surface area contributed by atoms with Crippen molar-refractivity contribution in [1.29, 1.82) is 0 Å². The molecule has 14 nitrogen and oxygen atoms in total. The molecule has 2 rings (SSSR count). The second kappa shape index (κ2) is 36.5. The normalized spacial score (nSPS) is 27.9. The SMILES string of the molecule is CC/C=C\C/C=C\C/C=C\C/C=C\CCC(=O)NC(COC1OC(CO)C(OC2OC(CO)C(O)C(O)C2O)C(O)C1O)C(O)/C=C/CC/C=C/CCCCCCCCCCCCC. The number of amides is 1. The van der Waals surface area contributed by atoms with Crippen LogP contribution in [0.2, 0.25) is 0 Å². The molecule has 0 saturated carbocycles. The Morgan fingerprint density at radius 3 is 1.70 bits per heavy atom. The molecule has 2 aliphatic heterocycles. The van der Waals surface area contributed by atoms with E-state index in [0.717, 1.165) is 38.5 Å². The number of allylic oxidation sites excluding steroid dienone is 11. The van der Waals surface area contributed by atoms with Crippen LogP contribution in [0.25, 0.3) is 0 Å². The van der Waals surface area contributed by atoms with Crippen LogP contribution < -0.4 is 5.32 Å². The molecule has 12 atom stereocenters. The van der Waals surface area contributed by atoms with Crippen LogP contribution in [0, 0.1) is 0 Å². The minimum absolute atomic E-state index is 0.149. The topological polar surface area (TPSA) is 228 Å². The van der Waals surface area contributed by atoms with Gasteiger partial charge in [0.05, 0.1) is 32.0 Å². The fourth-order valence-electron chi connectivity index (χ4n) is 7.43. The van der Waals surface area contributed by atoms with E-state index in [9.17, 15) is 45.6 Å². The molecule has 9 N–H and O–H groups in total. The number of unbranched alkanes of at least 4 members (excludes halogenated alkanes) is 12. The monoisotopic (exact) mass is 908 g/mol. The summed E-state index contributed by atoms with van der Waals surface area (Å²) in [5, 5.41) is 86.5. The van der Waals surface area contributed by atoms with Crippen molar-refractivity contribution in [3.63, 3.8) is 0 Å². The Kier molecular flexibility index (Phi) is 32.9. The lowest BCUT2D eigenvalue weighted by molar-refractivity contribution is -0.359. The van der Waals surface area contributed by atoms with Crippen LogP contribution >= 0.6 is 0 Å². The molecule has 0 aromatic heterocycles. The highest BCUT2D eigenvalue weighted by Crippen LogP contribution is 2.30. The fraction of sp³-hybridized carbons (Fsp3) is 0.740. The molecule has 64 heavy (non-hydrogen) atoms. The van der Waals surface area contributed by atoms with E-state index in [1.165, 1.54) is 70.6 Å². The first-order valence-corrected chi connectivity index (χ1v) is 24.2. The first kappa shape index (κ1) is 57.6. The van der Waals surface area contributed by atoms with Crippen molar-refractivity contribution in [3.8, 4) is 0 Å². The number of aliphatic hydroxyl groups excluding tert-OH is 8. The van der Waals surface area contributed by atoms with Gasteiger partial charge in [-0.1, -0.05) is 151 Å². The standard InChI is InChI=1S/C50H85NO13/c1-3-5-7-9-11-13-15-17-18-19-20-22-23-25-27-29-31-33-39(54)38(51-42(55)34-32-30-28-26-24-21-16-14-12-10-8-6-4-2)37-61-49-47(60)45(58)48(41(36-53)63-49)64-50-46(59)44(57)43(56)40(35-52)62-50/h6,8,12,14,21,23-25,28,30-31,33,38-41,43-50,52-54,56-60H,3-5,7,9-11,13,15-20,22,26-27,29,32,34-37H2,1-2H3,(H,51,55)/b8-6-,14-12-,24-21-,25-23+,30-28-,33-31+. The molecule has 2 fully saturated rings. The zero-order chi connectivity index (χ0) is 46.8. The fourth-order valence-corrected chi connectivity index (χ4v) is 7.43. The zero-order valence-electron chi connectivity index (χ0n) is 38.7. The molecule has 368 valence electrons. The Bertz CT molecular complexity index is 1350. The van der Waals surface area contributed by atoms with Gasteiger partial charge in [0.25, 0.3) is 0 Å². The Hall–Kier alpha value is -2.57. The second-order valence-electron chi connectivity index (χ2n) is 16.8. The number of aliphatic hydroxyl groups is 8. The molecular formula is C50H85NO13. The van der Waals surface area contributed by atoms with E-state index in [-0.39, 0.29) is 18.9 Å². The van der Waals surface area contributed by atoms with Gasteiger partial charge in [-0.05, 0) is 57.8 Å². The summed E-state index contributed by atoms with van der Waals surface area (Å²) in [5.41, 5.74) is 0. The molecule has 12 unspecified atom stereocenters. The molecule has 0 bridgehead atoms. The smallest absolute Gasteiger partial charge is 0.220 e. The molecule has 0 aliphatic carbocycles. The lowest BCUT2D eigenvalue weighted by Crippen LogP contribution is -2.65. The molecule has 2 aliphatic rings. The number of carbonyl (C=O) groups is 1. The van der Waals surface area contributed by atoms with Crippen LogP contribution in [0.3, 0.4) is 0 Å². The summed E-state index contributed by atoms with van der Waals surface area (Å²) < 4.78 is 22.6. The van der Waals surface area contributed by atoms with E-state index in [1.54, 1.807) is 6.08 Å². The number of nitrogens with one attached hydrogen (secondary N) is 1. The van der Waals surface area contributed by atoms with E-state index < -0.39 is 86.8 Å². The summed E-state index contributed by atoms with van der Waals surface area (Å²) in [4.78, 5) is 13.1. The molecule has 14 heteroatoms. The maximum Gasteiger partial charge on any atom is 0.220 e. The first-order valence-electron chi connectivity index (χ1n) is 24.2. The van der Waals surface area contributed by atoms with Crippen molar-refractivity contribution in [3.05, 3.63) is 72.9 Å². The molecular weight excluding hydrogens is 823 g/mol. The number of ether oxygens (including phenoxy) is 4. The van der Waals surface area contributed by atoms with Gasteiger partial charge in [-0.25, -0.2) is 0 Å². The van der Waals surface area contributed by atoms with E-state index in [0.29, 0.717) is 12.8 Å². The molecule has 0 aromatic carbocycles. The van der Waals surface area contributed by atoms with Gasteiger partial charge in [-0.2, -0.15) is 0 Å². The lowest BCUT2D eigenvalue weighted by Gasteiger charge is -2.46. The molecule has 0 radical (unpaired) electrons. The predicted molar refractivity (Wildman–Crippen MR) is 249 cm³/mol. The Balaban J connectivity index is 1.92. The molecule has 0 spiro atoms. The van der Waals surface area contributed by atoms with Crippen molar-refractivity contribution in [1.82, 2.24) is 5.32 Å². The van der Waals surface area contributed by atoms with Crippen LogP contribution in [0.1, 0.15) is 142 Å². The molecule has 2 heterocycles. The summed E-state index contributed by atoms with van der Waals surface area (Å²) in [5.74, 6) is -0.333. The largest absolute Gasteiger partial charge is 0.394 e. The van der Waals surface area contributed by atoms with Crippen molar-refractivity contribution < 1.29 is 64.6 Å². The van der Waals surface area contributed by atoms with Crippen molar-refractivity contribution >= 4 is 5.91 Å². The van der Waals surface area contributed by atoms with E-state index in [2.05, 4.69) is 67.8 Å². The summed E-state index contributed by atoms with van der Waals surface area (Å²) in [6.07, 6.45) is 28.2. The van der Waals surface area contributed by atoms with Crippen LogP contribution in [0.15, 0.2) is 72.9 Å². The zero-order valence-corrected chi connectivity index (χ0v) is 38.7. The summed E-state index contributed by atoms with van der Waals surface area (Å²) in [6, 6.07) is -0.971. The highest BCUT2D eigenvalue weighted by atomic mass is 16.7. The van der Waals surface area contributed by atoms with Crippen molar-refractivity contribution in [2.75, 3.05) is 19.8 Å². The van der Waals surface area contributed by atoms with Crippen LogP contribution in [-0.4, -0.2) is 140 Å². The van der Waals surface area contributed by atoms with Gasteiger partial charge in [-0.15, -0.1) is 0 Å². The number of hydrogen-bond donors (Lipinski definition) is 9. The number of rotatable bonds is 35. The van der Waals surface area contributed by atoms with E-state index >= 15 is 0 Å². The Morgan fingerprint density at radius 1 is 0.578 bits per heavy atom. The van der Waals surface area contributed by atoms with Crippen molar-refractivity contribution in [2.45, 2.75) is 216 Å². The van der Waals surface area contributed by atoms with Gasteiger partial charge in [0, 0.05) is 6.42 Å². The van der Waals surface area contributed by atoms with Gasteiger partial charge in [0.15, 0.2) is 12.6 Å². The van der Waals surface area contributed by atoms with Gasteiger partial charge in [0.2, 0.25) is 5.91 Å². The summed E-state index contributed by atoms with van der Waals surface area (Å²) in [7, 11) is 0. The van der Waals surface area contributed by atoms with E-state index in [1.807, 2.05) is 18.2 Å². The van der Waals surface area contributed by atoms with Crippen LogP contribution in [-0.2, 0) is 23.7 Å². The second-order valence-corrected chi connectivity index (χ2v) is 16.8. The third kappa shape index (κ3) is 23.7.